The Morgan fingerprint density at radius 3 is 2.86 bits per heavy atom. The number of aromatic nitrogens is 2. The van der Waals surface area contributed by atoms with Gasteiger partial charge in [0.25, 0.3) is 0 Å². The predicted molar refractivity (Wildman–Crippen MR) is 75.8 cm³/mol. The first-order valence-corrected chi connectivity index (χ1v) is 7.32. The maximum absolute atomic E-state index is 11.8. The molecule has 2 atom stereocenters. The standard InChI is InChI=1S/C16H18N2O3/c1-2-20-14(11-7-4-3-5-8-11)15-17-16(21-18-15)12-9-6-10-13(12)19/h3-5,7-8,12,14H,2,6,9-10H2,1H3. The lowest BCUT2D eigenvalue weighted by Gasteiger charge is -2.13. The zero-order chi connectivity index (χ0) is 14.7. The van der Waals surface area contributed by atoms with E-state index in [2.05, 4.69) is 10.1 Å². The van der Waals surface area contributed by atoms with Gasteiger partial charge in [0, 0.05) is 13.0 Å². The second-order valence-electron chi connectivity index (χ2n) is 5.15. The molecule has 0 bridgehead atoms. The molecule has 110 valence electrons. The molecule has 5 nitrogen and oxygen atoms in total. The quantitative estimate of drug-likeness (QED) is 0.845. The molecular weight excluding hydrogens is 268 g/mol. The first-order valence-electron chi connectivity index (χ1n) is 7.32. The van der Waals surface area contributed by atoms with Gasteiger partial charge in [-0.3, -0.25) is 4.79 Å². The van der Waals surface area contributed by atoms with Crippen LogP contribution in [-0.4, -0.2) is 22.5 Å². The minimum absolute atomic E-state index is 0.192. The Kier molecular flexibility index (Phi) is 4.10. The summed E-state index contributed by atoms with van der Waals surface area (Å²) in [6.45, 7) is 2.48. The molecule has 0 radical (unpaired) electrons. The van der Waals surface area contributed by atoms with Gasteiger partial charge in [-0.1, -0.05) is 35.5 Å². The summed E-state index contributed by atoms with van der Waals surface area (Å²) in [5.74, 6) is 0.869. The first-order chi connectivity index (χ1) is 10.3. The molecule has 1 aliphatic rings. The summed E-state index contributed by atoms with van der Waals surface area (Å²) in [5, 5.41) is 4.03. The van der Waals surface area contributed by atoms with Crippen molar-refractivity contribution in [2.24, 2.45) is 0 Å². The Morgan fingerprint density at radius 2 is 2.19 bits per heavy atom. The molecule has 5 heteroatoms. The fraction of sp³-hybridized carbons (Fsp3) is 0.438. The number of ketones is 1. The fourth-order valence-corrected chi connectivity index (χ4v) is 2.69. The van der Waals surface area contributed by atoms with E-state index in [1.165, 1.54) is 0 Å². The number of rotatable bonds is 5. The van der Waals surface area contributed by atoms with E-state index in [-0.39, 0.29) is 17.8 Å². The molecule has 1 aliphatic carbocycles. The average Bonchev–Trinajstić information content (AvgIpc) is 3.14. The predicted octanol–water partition coefficient (Wildman–Crippen LogP) is 3.03. The molecule has 1 saturated carbocycles. The highest BCUT2D eigenvalue weighted by Gasteiger charge is 2.32. The van der Waals surface area contributed by atoms with Crippen LogP contribution in [0.2, 0.25) is 0 Å². The van der Waals surface area contributed by atoms with E-state index >= 15 is 0 Å². The van der Waals surface area contributed by atoms with Gasteiger partial charge in [0.05, 0.1) is 5.92 Å². The van der Waals surface area contributed by atoms with Crippen molar-refractivity contribution in [3.8, 4) is 0 Å². The molecule has 2 unspecified atom stereocenters. The van der Waals surface area contributed by atoms with Gasteiger partial charge in [0.15, 0.2) is 0 Å². The summed E-state index contributed by atoms with van der Waals surface area (Å²) in [6, 6.07) is 9.78. The highest BCUT2D eigenvalue weighted by Crippen LogP contribution is 2.31. The van der Waals surface area contributed by atoms with E-state index in [0.717, 1.165) is 18.4 Å². The molecule has 21 heavy (non-hydrogen) atoms. The second kappa shape index (κ2) is 6.18. The van der Waals surface area contributed by atoms with E-state index in [9.17, 15) is 4.79 Å². The SMILES string of the molecule is CCOC(c1ccccc1)c1noc(C2CCCC2=O)n1. The van der Waals surface area contributed by atoms with Crippen LogP contribution in [0.1, 0.15) is 55.5 Å². The van der Waals surface area contributed by atoms with Crippen LogP contribution in [0.5, 0.6) is 0 Å². The first kappa shape index (κ1) is 13.9. The van der Waals surface area contributed by atoms with E-state index in [4.69, 9.17) is 9.26 Å². The smallest absolute Gasteiger partial charge is 0.237 e. The molecule has 1 aromatic carbocycles. The molecule has 1 aromatic heterocycles. The third-order valence-corrected chi connectivity index (χ3v) is 3.73. The lowest BCUT2D eigenvalue weighted by molar-refractivity contribution is -0.119. The molecule has 1 heterocycles. The van der Waals surface area contributed by atoms with Crippen LogP contribution >= 0.6 is 0 Å². The molecule has 0 N–H and O–H groups in total. The maximum atomic E-state index is 11.8. The van der Waals surface area contributed by atoms with Crippen molar-refractivity contribution in [1.29, 1.82) is 0 Å². The van der Waals surface area contributed by atoms with Gasteiger partial charge in [0.2, 0.25) is 11.7 Å². The van der Waals surface area contributed by atoms with Gasteiger partial charge in [-0.15, -0.1) is 0 Å². The van der Waals surface area contributed by atoms with Crippen LogP contribution in [0.3, 0.4) is 0 Å². The summed E-state index contributed by atoms with van der Waals surface area (Å²) in [7, 11) is 0. The summed E-state index contributed by atoms with van der Waals surface area (Å²) in [5.41, 5.74) is 0.976. The second-order valence-corrected chi connectivity index (χ2v) is 5.15. The normalized spacial score (nSPS) is 19.9. The van der Waals surface area contributed by atoms with E-state index in [0.29, 0.717) is 24.7 Å². The Balaban J connectivity index is 1.87. The molecule has 0 amide bonds. The van der Waals surface area contributed by atoms with Gasteiger partial charge >= 0.3 is 0 Å². The minimum Gasteiger partial charge on any atom is -0.366 e. The van der Waals surface area contributed by atoms with Gasteiger partial charge < -0.3 is 9.26 Å². The third-order valence-electron chi connectivity index (χ3n) is 3.73. The number of carbonyl (C=O) groups is 1. The molecule has 0 aliphatic heterocycles. The molecule has 3 rings (SSSR count). The van der Waals surface area contributed by atoms with Crippen molar-refractivity contribution in [2.75, 3.05) is 6.61 Å². The van der Waals surface area contributed by atoms with Crippen LogP contribution in [0, 0.1) is 0 Å². The van der Waals surface area contributed by atoms with E-state index < -0.39 is 0 Å². The molecule has 0 saturated heterocycles. The van der Waals surface area contributed by atoms with Crippen molar-refractivity contribution in [3.63, 3.8) is 0 Å². The van der Waals surface area contributed by atoms with Crippen LogP contribution in [0.15, 0.2) is 34.9 Å². The summed E-state index contributed by atoms with van der Waals surface area (Å²) in [6.07, 6.45) is 1.95. The Bertz CT molecular complexity index is 609. The van der Waals surface area contributed by atoms with Crippen molar-refractivity contribution in [3.05, 3.63) is 47.6 Å². The Labute approximate surface area is 123 Å². The third kappa shape index (κ3) is 2.88. The lowest BCUT2D eigenvalue weighted by atomic mass is 10.1. The largest absolute Gasteiger partial charge is 0.366 e. The van der Waals surface area contributed by atoms with Crippen LogP contribution in [-0.2, 0) is 9.53 Å². The van der Waals surface area contributed by atoms with Crippen LogP contribution in [0.25, 0.3) is 0 Å². The highest BCUT2D eigenvalue weighted by molar-refractivity contribution is 5.86. The number of Topliss-reactive ketones (excluding diaryl/α,β-unsaturated/α-hetero) is 1. The van der Waals surface area contributed by atoms with Gasteiger partial charge in [-0.2, -0.15) is 4.98 Å². The van der Waals surface area contributed by atoms with Crippen LogP contribution < -0.4 is 0 Å². The number of nitrogens with zero attached hydrogens (tertiary/aromatic N) is 2. The highest BCUT2D eigenvalue weighted by atomic mass is 16.5. The minimum atomic E-state index is -0.356. The monoisotopic (exact) mass is 286 g/mol. The number of ether oxygens (including phenoxy) is 1. The zero-order valence-electron chi connectivity index (χ0n) is 12.0. The fourth-order valence-electron chi connectivity index (χ4n) is 2.69. The van der Waals surface area contributed by atoms with Crippen LogP contribution in [0.4, 0.5) is 0 Å². The summed E-state index contributed by atoms with van der Waals surface area (Å²) >= 11 is 0. The van der Waals surface area contributed by atoms with Crippen molar-refractivity contribution >= 4 is 5.78 Å². The number of hydrogen-bond donors (Lipinski definition) is 0. The van der Waals surface area contributed by atoms with Gasteiger partial charge in [0.1, 0.15) is 11.9 Å². The van der Waals surface area contributed by atoms with E-state index in [1.807, 2.05) is 37.3 Å². The zero-order valence-corrected chi connectivity index (χ0v) is 12.0. The lowest BCUT2D eigenvalue weighted by Crippen LogP contribution is -2.09. The molecule has 2 aromatic rings. The van der Waals surface area contributed by atoms with Crippen molar-refractivity contribution in [1.82, 2.24) is 10.1 Å². The average molecular weight is 286 g/mol. The van der Waals surface area contributed by atoms with Gasteiger partial charge in [-0.25, -0.2) is 0 Å². The number of benzene rings is 1. The van der Waals surface area contributed by atoms with Gasteiger partial charge in [-0.05, 0) is 25.3 Å². The maximum Gasteiger partial charge on any atom is 0.237 e. The molecule has 0 spiro atoms. The molecular formula is C16H18N2O3. The van der Waals surface area contributed by atoms with Crippen molar-refractivity contribution < 1.29 is 14.1 Å². The Hall–Kier alpha value is -2.01. The summed E-state index contributed by atoms with van der Waals surface area (Å²) < 4.78 is 11.1. The molecule has 1 fully saturated rings. The summed E-state index contributed by atoms with van der Waals surface area (Å²) in [4.78, 5) is 16.2. The van der Waals surface area contributed by atoms with E-state index in [1.54, 1.807) is 0 Å². The number of hydrogen-bond acceptors (Lipinski definition) is 5. The van der Waals surface area contributed by atoms with Crippen molar-refractivity contribution in [2.45, 2.75) is 38.2 Å². The number of carbonyl (C=O) groups excluding carboxylic acids is 1. The Morgan fingerprint density at radius 1 is 1.38 bits per heavy atom. The topological polar surface area (TPSA) is 65.2 Å².